The highest BCUT2D eigenvalue weighted by Gasteiger charge is 2.32. The highest BCUT2D eigenvalue weighted by Crippen LogP contribution is 2.44. The normalized spacial score (nSPS) is 12.8. The first-order valence-corrected chi connectivity index (χ1v) is 31.7. The molecule has 3 rings (SSSR count). The summed E-state index contributed by atoms with van der Waals surface area (Å²) >= 11 is 0. The maximum absolute atomic E-state index is 14.0. The second-order valence-electron chi connectivity index (χ2n) is 21.5. The Labute approximate surface area is 519 Å². The molecule has 0 aromatic heterocycles. The van der Waals surface area contributed by atoms with Crippen LogP contribution in [-0.2, 0) is 76.3 Å². The Hall–Kier alpha value is -7.18. The summed E-state index contributed by atoms with van der Waals surface area (Å²) in [5.41, 5.74) is 10.1. The van der Waals surface area contributed by atoms with Crippen molar-refractivity contribution in [3.8, 4) is 11.1 Å². The van der Waals surface area contributed by atoms with Gasteiger partial charge >= 0.3 is 30.0 Å². The first-order chi connectivity index (χ1) is 42.6. The van der Waals surface area contributed by atoms with Gasteiger partial charge in [0.2, 0.25) is 29.5 Å². The van der Waals surface area contributed by atoms with Crippen LogP contribution >= 0.6 is 0 Å². The zero-order valence-electron chi connectivity index (χ0n) is 52.4. The van der Waals surface area contributed by atoms with E-state index < -0.39 is 90.8 Å². The number of alkyl carbamates (subject to hydrolysis) is 1. The van der Waals surface area contributed by atoms with Gasteiger partial charge in [0.15, 0.2) is 0 Å². The lowest BCUT2D eigenvalue weighted by Crippen LogP contribution is -2.53. The average molecular weight is 1240 g/mol. The van der Waals surface area contributed by atoms with Crippen molar-refractivity contribution in [2.75, 3.05) is 79.1 Å². The molecule has 6 amide bonds. The summed E-state index contributed by atoms with van der Waals surface area (Å²) in [5, 5.41) is 16.1. The molecule has 2 aromatic rings. The van der Waals surface area contributed by atoms with Crippen LogP contribution in [0.5, 0.6) is 0 Å². The van der Waals surface area contributed by atoms with Gasteiger partial charge in [0.25, 0.3) is 0 Å². The van der Waals surface area contributed by atoms with Crippen molar-refractivity contribution in [1.29, 1.82) is 0 Å². The number of esters is 4. The number of rotatable bonds is 49. The first kappa shape index (κ1) is 75.1. The van der Waals surface area contributed by atoms with Crippen molar-refractivity contribution >= 4 is 59.5 Å². The lowest BCUT2D eigenvalue weighted by molar-refractivity contribution is -0.150. The molecule has 24 heteroatoms. The summed E-state index contributed by atoms with van der Waals surface area (Å²) < 4.78 is 38.1. The molecule has 0 heterocycles. The standard InChI is InChI=1S/C64H99N7O17/c1-5-9-37-84-58(75)32-29-53(62(79)86-39-11-7-3)70-56(73)31-28-52(61(78)71-54(63(80)87-40-12-8-4)30-33-59(76)85-38-10-6-2)69-57(74)45-83-43-42-82-41-36-66-60(77)51(68-55(72)27-14-13-20-34-65)26-19-21-35-67-64(81)88-44-50-48-24-17-15-22-46(48)47-23-16-18-25-49(47)50/h15-18,22-25,50-54H,5-14,19-21,26-45,65H2,1-4H3,(H,66,77)(H,67,81)(H,68,72)(H,69,74)(H,70,73)(H,71,78). The van der Waals surface area contributed by atoms with Crippen LogP contribution < -0.4 is 37.6 Å². The summed E-state index contributed by atoms with van der Waals surface area (Å²) in [6, 6.07) is 11.3. The quantitative estimate of drug-likeness (QED) is 0.0226. The van der Waals surface area contributed by atoms with Crippen LogP contribution in [0.2, 0.25) is 0 Å². The number of nitrogens with one attached hydrogen (secondary N) is 6. The SMILES string of the molecule is CCCCOC(=O)CCC(NC(=O)CCC(NC(=O)COCCOCCNC(=O)C(CCCCNC(=O)OCC1c2ccccc2-c2ccccc21)NC(=O)CCCCCN)C(=O)NC(CCC(=O)OCCCC)C(=O)OCCCC)C(=O)OCCCC. The molecule has 0 spiro atoms. The minimum absolute atomic E-state index is 0.00587. The van der Waals surface area contributed by atoms with E-state index in [1.807, 2.05) is 64.1 Å². The van der Waals surface area contributed by atoms with Crippen molar-refractivity contribution in [3.05, 3.63) is 59.7 Å². The molecule has 4 atom stereocenters. The van der Waals surface area contributed by atoms with Crippen LogP contribution in [-0.4, -0.2) is 163 Å². The van der Waals surface area contributed by atoms with Gasteiger partial charge in [-0.2, -0.15) is 0 Å². The number of carbonyl (C=O) groups excluding carboxylic acids is 10. The molecule has 1 aliphatic rings. The zero-order valence-corrected chi connectivity index (χ0v) is 52.4. The van der Waals surface area contributed by atoms with Crippen LogP contribution in [0.4, 0.5) is 4.79 Å². The Balaban J connectivity index is 1.56. The van der Waals surface area contributed by atoms with Crippen molar-refractivity contribution in [1.82, 2.24) is 31.9 Å². The monoisotopic (exact) mass is 1240 g/mol. The Kier molecular flexibility index (Phi) is 39.2. The fourth-order valence-electron chi connectivity index (χ4n) is 9.19. The van der Waals surface area contributed by atoms with Gasteiger partial charge in [-0.1, -0.05) is 108 Å². The molecule has 0 bridgehead atoms. The third-order valence-electron chi connectivity index (χ3n) is 14.3. The molecule has 8 N–H and O–H groups in total. The van der Waals surface area contributed by atoms with Crippen LogP contribution in [0.3, 0.4) is 0 Å². The van der Waals surface area contributed by atoms with Gasteiger partial charge in [-0.05, 0) is 106 Å². The smallest absolute Gasteiger partial charge is 0.407 e. The summed E-state index contributed by atoms with van der Waals surface area (Å²) in [4.78, 5) is 131. The maximum atomic E-state index is 14.0. The van der Waals surface area contributed by atoms with E-state index in [1.165, 1.54) is 0 Å². The number of hydrogen-bond donors (Lipinski definition) is 7. The summed E-state index contributed by atoms with van der Waals surface area (Å²) in [7, 11) is 0. The summed E-state index contributed by atoms with van der Waals surface area (Å²) in [5.74, 6) is -5.80. The molecular weight excluding hydrogens is 1140 g/mol. The van der Waals surface area contributed by atoms with Crippen LogP contribution in [0, 0.1) is 0 Å². The van der Waals surface area contributed by atoms with Gasteiger partial charge in [-0.25, -0.2) is 14.4 Å². The molecule has 0 radical (unpaired) electrons. The zero-order chi connectivity index (χ0) is 64.2. The van der Waals surface area contributed by atoms with Gasteiger partial charge in [-0.15, -0.1) is 0 Å². The van der Waals surface area contributed by atoms with Gasteiger partial charge in [0, 0.05) is 44.7 Å². The minimum Gasteiger partial charge on any atom is -0.466 e. The van der Waals surface area contributed by atoms with Crippen molar-refractivity contribution in [2.24, 2.45) is 5.73 Å². The predicted molar refractivity (Wildman–Crippen MR) is 328 cm³/mol. The van der Waals surface area contributed by atoms with Crippen LogP contribution in [0.1, 0.15) is 180 Å². The van der Waals surface area contributed by atoms with Crippen molar-refractivity contribution in [2.45, 2.75) is 193 Å². The molecule has 1 aliphatic carbocycles. The van der Waals surface area contributed by atoms with E-state index in [4.69, 9.17) is 38.9 Å². The largest absolute Gasteiger partial charge is 0.466 e. The number of hydrogen-bond acceptors (Lipinski definition) is 18. The third kappa shape index (κ3) is 31.1. The average Bonchev–Trinajstić information content (AvgIpc) is 1.80. The molecule has 2 aromatic carbocycles. The second-order valence-corrected chi connectivity index (χ2v) is 21.5. The van der Waals surface area contributed by atoms with E-state index in [9.17, 15) is 47.9 Å². The number of fused-ring (bicyclic) bond motifs is 3. The summed E-state index contributed by atoms with van der Waals surface area (Å²) in [6.45, 7) is 8.72. The Morgan fingerprint density at radius 2 is 0.932 bits per heavy atom. The van der Waals surface area contributed by atoms with Gasteiger partial charge in [0.1, 0.15) is 37.4 Å². The first-order valence-electron chi connectivity index (χ1n) is 31.7. The van der Waals surface area contributed by atoms with Crippen LogP contribution in [0.15, 0.2) is 48.5 Å². The lowest BCUT2D eigenvalue weighted by Gasteiger charge is -2.23. The van der Waals surface area contributed by atoms with E-state index >= 15 is 0 Å². The number of unbranched alkanes of at least 4 members (excludes halogenated alkanes) is 7. The van der Waals surface area contributed by atoms with E-state index in [1.54, 1.807) is 0 Å². The minimum atomic E-state index is -1.44. The molecule has 0 saturated heterocycles. The molecule has 4 unspecified atom stereocenters. The Bertz CT molecular complexity index is 2400. The number of carbonyl (C=O) groups is 10. The van der Waals surface area contributed by atoms with Gasteiger partial charge in [-0.3, -0.25) is 33.6 Å². The van der Waals surface area contributed by atoms with E-state index in [0.717, 1.165) is 60.8 Å². The molecule has 0 fully saturated rings. The topological polar surface area (TPSA) is 334 Å². The molecule has 88 heavy (non-hydrogen) atoms. The van der Waals surface area contributed by atoms with E-state index in [2.05, 4.69) is 44.0 Å². The maximum Gasteiger partial charge on any atom is 0.407 e. The van der Waals surface area contributed by atoms with Crippen LogP contribution in [0.25, 0.3) is 11.1 Å². The molecule has 492 valence electrons. The lowest BCUT2D eigenvalue weighted by atomic mass is 9.98. The highest BCUT2D eigenvalue weighted by atomic mass is 16.6. The fourth-order valence-corrected chi connectivity index (χ4v) is 9.19. The molecule has 0 aliphatic heterocycles. The third-order valence-corrected chi connectivity index (χ3v) is 14.3. The van der Waals surface area contributed by atoms with Gasteiger partial charge in [0.05, 0.1) is 46.2 Å². The molecular formula is C64H99N7O17. The summed E-state index contributed by atoms with van der Waals surface area (Å²) in [6.07, 6.45) is 7.20. The highest BCUT2D eigenvalue weighted by molar-refractivity contribution is 5.92. The van der Waals surface area contributed by atoms with Gasteiger partial charge < -0.3 is 70.8 Å². The second kappa shape index (κ2) is 46.0. The molecule has 0 saturated carbocycles. The fraction of sp³-hybridized carbons (Fsp3) is 0.656. The number of nitrogens with two attached hydrogens (primary N) is 1. The predicted octanol–water partition coefficient (Wildman–Crippen LogP) is 6.02. The number of benzene rings is 2. The molecule has 24 nitrogen and oxygen atoms in total. The Morgan fingerprint density at radius 1 is 0.432 bits per heavy atom. The number of ether oxygens (including phenoxy) is 7. The van der Waals surface area contributed by atoms with E-state index in [0.29, 0.717) is 64.5 Å². The van der Waals surface area contributed by atoms with Crippen molar-refractivity contribution in [3.63, 3.8) is 0 Å². The Morgan fingerprint density at radius 3 is 1.51 bits per heavy atom. The number of amides is 6. The van der Waals surface area contributed by atoms with Crippen molar-refractivity contribution < 1.29 is 81.1 Å². The van der Waals surface area contributed by atoms with E-state index in [-0.39, 0.29) is 110 Å².